The molecule has 0 bridgehead atoms. The number of carbonyl (C=O) groups is 1. The highest BCUT2D eigenvalue weighted by Crippen LogP contribution is 2.19. The summed E-state index contributed by atoms with van der Waals surface area (Å²) < 4.78 is 0. The Hall–Kier alpha value is -1.74. The monoisotopic (exact) mass is 228 g/mol. The Morgan fingerprint density at radius 3 is 3.00 bits per heavy atom. The van der Waals surface area contributed by atoms with E-state index in [-0.39, 0.29) is 11.8 Å². The van der Waals surface area contributed by atoms with Crippen LogP contribution in [0.2, 0.25) is 0 Å². The van der Waals surface area contributed by atoms with E-state index in [1.54, 1.807) is 12.4 Å². The van der Waals surface area contributed by atoms with Gasteiger partial charge in [-0.25, -0.2) is 0 Å². The maximum atomic E-state index is 12.1. The molecule has 0 saturated heterocycles. The molecule has 0 aliphatic rings. The highest BCUT2D eigenvalue weighted by molar-refractivity contribution is 6.08. The molecule has 1 heterocycles. The lowest BCUT2D eigenvalue weighted by Gasteiger charge is -2.09. The number of fused-ring (bicyclic) bond motifs is 1. The summed E-state index contributed by atoms with van der Waals surface area (Å²) in [6.07, 6.45) is 4.67. The molecule has 2 aromatic rings. The minimum atomic E-state index is -0.0607. The van der Waals surface area contributed by atoms with Crippen molar-refractivity contribution in [1.29, 1.82) is 0 Å². The first kappa shape index (κ1) is 11.7. The second-order valence-corrected chi connectivity index (χ2v) is 4.20. The molecule has 3 heteroatoms. The van der Waals surface area contributed by atoms with Crippen molar-refractivity contribution in [2.45, 2.75) is 25.8 Å². The summed E-state index contributed by atoms with van der Waals surface area (Å²) in [7, 11) is 0. The minimum Gasteiger partial charge on any atom is -0.327 e. The largest absolute Gasteiger partial charge is 0.327 e. The molecule has 0 fully saturated rings. The van der Waals surface area contributed by atoms with Crippen molar-refractivity contribution >= 4 is 16.6 Å². The molecule has 17 heavy (non-hydrogen) atoms. The Balaban J connectivity index is 2.38. The van der Waals surface area contributed by atoms with Crippen LogP contribution in [0.15, 0.2) is 36.7 Å². The predicted molar refractivity (Wildman–Crippen MR) is 69.0 cm³/mol. The van der Waals surface area contributed by atoms with Gasteiger partial charge in [-0.05, 0) is 17.9 Å². The first-order valence-corrected chi connectivity index (χ1v) is 5.84. The van der Waals surface area contributed by atoms with Gasteiger partial charge in [-0.2, -0.15) is 0 Å². The smallest absolute Gasteiger partial charge is 0.165 e. The van der Waals surface area contributed by atoms with Crippen LogP contribution in [0.4, 0.5) is 0 Å². The molecule has 1 atom stereocenters. The van der Waals surface area contributed by atoms with Crippen molar-refractivity contribution in [3.8, 4) is 0 Å². The summed E-state index contributed by atoms with van der Waals surface area (Å²) in [5.74, 6) is 0.0953. The molecule has 0 spiro atoms. The van der Waals surface area contributed by atoms with Gasteiger partial charge >= 0.3 is 0 Å². The molecule has 2 rings (SSSR count). The number of ketones is 1. The Morgan fingerprint density at radius 1 is 1.41 bits per heavy atom. The number of hydrogen-bond donors (Lipinski definition) is 1. The SMILES string of the molecule is CCC(N)CC(=O)c1cccc2ccncc12. The van der Waals surface area contributed by atoms with Gasteiger partial charge in [0.2, 0.25) is 0 Å². The summed E-state index contributed by atoms with van der Waals surface area (Å²) in [4.78, 5) is 16.2. The number of rotatable bonds is 4. The average molecular weight is 228 g/mol. The molecule has 0 radical (unpaired) electrons. The van der Waals surface area contributed by atoms with Crippen LogP contribution in [0.3, 0.4) is 0 Å². The first-order valence-electron chi connectivity index (χ1n) is 5.84. The number of pyridine rings is 1. The lowest BCUT2D eigenvalue weighted by molar-refractivity contribution is 0.0975. The van der Waals surface area contributed by atoms with Gasteiger partial charge < -0.3 is 5.73 Å². The fraction of sp³-hybridized carbons (Fsp3) is 0.286. The Morgan fingerprint density at radius 2 is 2.24 bits per heavy atom. The number of aromatic nitrogens is 1. The van der Waals surface area contributed by atoms with Crippen LogP contribution in [-0.2, 0) is 0 Å². The zero-order chi connectivity index (χ0) is 12.3. The van der Waals surface area contributed by atoms with Crippen LogP contribution in [0.5, 0.6) is 0 Å². The van der Waals surface area contributed by atoms with Crippen LogP contribution >= 0.6 is 0 Å². The molecule has 0 saturated carbocycles. The lowest BCUT2D eigenvalue weighted by atomic mass is 9.98. The Labute approximate surface area is 101 Å². The predicted octanol–water partition coefficient (Wildman–Crippen LogP) is 2.54. The van der Waals surface area contributed by atoms with Crippen LogP contribution in [0.1, 0.15) is 30.1 Å². The first-order chi connectivity index (χ1) is 8.22. The quantitative estimate of drug-likeness (QED) is 0.818. The van der Waals surface area contributed by atoms with Gasteiger partial charge in [-0.3, -0.25) is 9.78 Å². The average Bonchev–Trinajstić information content (AvgIpc) is 2.37. The highest BCUT2D eigenvalue weighted by Gasteiger charge is 2.12. The fourth-order valence-corrected chi connectivity index (χ4v) is 1.85. The standard InChI is InChI=1S/C14H16N2O/c1-2-11(15)8-14(17)12-5-3-4-10-6-7-16-9-13(10)12/h3-7,9,11H,2,8,15H2,1H3. The second-order valence-electron chi connectivity index (χ2n) is 4.20. The number of nitrogens with zero attached hydrogens (tertiary/aromatic N) is 1. The number of carbonyl (C=O) groups excluding carboxylic acids is 1. The van der Waals surface area contributed by atoms with E-state index in [9.17, 15) is 4.79 Å². The van der Waals surface area contributed by atoms with E-state index >= 15 is 0 Å². The minimum absolute atomic E-state index is 0.0607. The Bertz CT molecular complexity index is 531. The van der Waals surface area contributed by atoms with E-state index in [2.05, 4.69) is 4.98 Å². The van der Waals surface area contributed by atoms with Gasteiger partial charge in [-0.1, -0.05) is 25.1 Å². The molecule has 0 amide bonds. The molecule has 1 unspecified atom stereocenters. The van der Waals surface area contributed by atoms with Crippen molar-refractivity contribution in [1.82, 2.24) is 4.98 Å². The van der Waals surface area contributed by atoms with Crippen LogP contribution in [0, 0.1) is 0 Å². The van der Waals surface area contributed by atoms with Crippen molar-refractivity contribution in [2.75, 3.05) is 0 Å². The number of hydrogen-bond acceptors (Lipinski definition) is 3. The van der Waals surface area contributed by atoms with Crippen LogP contribution in [-0.4, -0.2) is 16.8 Å². The summed E-state index contributed by atoms with van der Waals surface area (Å²) in [6.45, 7) is 1.99. The maximum Gasteiger partial charge on any atom is 0.165 e. The van der Waals surface area contributed by atoms with Crippen molar-refractivity contribution in [2.24, 2.45) is 5.73 Å². The van der Waals surface area contributed by atoms with E-state index in [1.807, 2.05) is 31.2 Å². The zero-order valence-electron chi connectivity index (χ0n) is 9.89. The number of nitrogens with two attached hydrogens (primary N) is 1. The van der Waals surface area contributed by atoms with Crippen LogP contribution in [0.25, 0.3) is 10.8 Å². The molecule has 2 N–H and O–H groups in total. The Kier molecular flexibility index (Phi) is 3.49. The van der Waals surface area contributed by atoms with Gasteiger partial charge in [0.05, 0.1) is 0 Å². The third kappa shape index (κ3) is 2.50. The van der Waals surface area contributed by atoms with Gasteiger partial charge in [-0.15, -0.1) is 0 Å². The summed E-state index contributed by atoms with van der Waals surface area (Å²) in [6, 6.07) is 7.57. The number of Topliss-reactive ketones (excluding diaryl/α,β-unsaturated/α-hetero) is 1. The number of benzene rings is 1. The molecule has 0 aliphatic carbocycles. The summed E-state index contributed by atoms with van der Waals surface area (Å²) in [5.41, 5.74) is 6.54. The molecular formula is C14H16N2O. The third-order valence-electron chi connectivity index (χ3n) is 2.96. The van der Waals surface area contributed by atoms with E-state index in [0.29, 0.717) is 6.42 Å². The van der Waals surface area contributed by atoms with Gasteiger partial charge in [0.1, 0.15) is 0 Å². The highest BCUT2D eigenvalue weighted by atomic mass is 16.1. The van der Waals surface area contributed by atoms with Gasteiger partial charge in [0, 0.05) is 35.8 Å². The van der Waals surface area contributed by atoms with E-state index in [4.69, 9.17) is 5.73 Å². The van der Waals surface area contributed by atoms with Crippen molar-refractivity contribution in [3.05, 3.63) is 42.2 Å². The molecule has 1 aromatic heterocycles. The van der Waals surface area contributed by atoms with Crippen molar-refractivity contribution in [3.63, 3.8) is 0 Å². The van der Waals surface area contributed by atoms with Crippen LogP contribution < -0.4 is 5.73 Å². The summed E-state index contributed by atoms with van der Waals surface area (Å²) >= 11 is 0. The van der Waals surface area contributed by atoms with Gasteiger partial charge in [0.15, 0.2) is 5.78 Å². The molecule has 0 aliphatic heterocycles. The zero-order valence-corrected chi connectivity index (χ0v) is 9.89. The fourth-order valence-electron chi connectivity index (χ4n) is 1.85. The normalized spacial score (nSPS) is 12.6. The molecule has 1 aromatic carbocycles. The topological polar surface area (TPSA) is 56.0 Å². The van der Waals surface area contributed by atoms with Crippen molar-refractivity contribution < 1.29 is 4.79 Å². The van der Waals surface area contributed by atoms with Gasteiger partial charge in [0.25, 0.3) is 0 Å². The maximum absolute atomic E-state index is 12.1. The molecular weight excluding hydrogens is 212 g/mol. The van der Waals surface area contributed by atoms with E-state index in [1.165, 1.54) is 0 Å². The second kappa shape index (κ2) is 5.06. The lowest BCUT2D eigenvalue weighted by Crippen LogP contribution is -2.22. The van der Waals surface area contributed by atoms with E-state index in [0.717, 1.165) is 22.8 Å². The summed E-state index contributed by atoms with van der Waals surface area (Å²) in [5, 5.41) is 1.94. The molecule has 3 nitrogen and oxygen atoms in total. The molecule has 88 valence electrons. The van der Waals surface area contributed by atoms with E-state index < -0.39 is 0 Å². The third-order valence-corrected chi connectivity index (χ3v) is 2.96.